The molecule has 4 rings (SSSR count). The summed E-state index contributed by atoms with van der Waals surface area (Å²) in [6.07, 6.45) is -5.22. The number of hydrogen-bond acceptors (Lipinski definition) is 6. The standard InChI is InChI=1S/C27H22F3NO4S/c1-34-20-12-10-18(15-21(20)35-2)24(31-19-11-9-16-6-3-4-7-17(16)14-19)23(26(33)27(28,29)30)25(32)22-8-5-13-36-22/h3-15,23-24,31H,1-2H3/t23-,24-/m0/s1. The number of methoxy groups -OCH3 is 2. The van der Waals surface area contributed by atoms with Crippen LogP contribution in [0.25, 0.3) is 10.8 Å². The molecule has 0 saturated heterocycles. The largest absolute Gasteiger partial charge is 0.493 e. The Hall–Kier alpha value is -3.85. The lowest BCUT2D eigenvalue weighted by Crippen LogP contribution is -2.41. The number of fused-ring (bicyclic) bond motifs is 1. The molecule has 186 valence electrons. The summed E-state index contributed by atoms with van der Waals surface area (Å²) in [7, 11) is 2.82. The van der Waals surface area contributed by atoms with E-state index in [9.17, 15) is 22.8 Å². The maximum Gasteiger partial charge on any atom is 0.450 e. The van der Waals surface area contributed by atoms with Crippen LogP contribution in [-0.2, 0) is 4.79 Å². The topological polar surface area (TPSA) is 64.6 Å². The summed E-state index contributed by atoms with van der Waals surface area (Å²) in [5, 5.41) is 6.39. The van der Waals surface area contributed by atoms with Gasteiger partial charge in [-0.1, -0.05) is 42.5 Å². The molecule has 36 heavy (non-hydrogen) atoms. The number of benzene rings is 3. The number of alkyl halides is 3. The van der Waals surface area contributed by atoms with E-state index in [0.29, 0.717) is 11.4 Å². The van der Waals surface area contributed by atoms with Crippen LogP contribution in [0.4, 0.5) is 18.9 Å². The molecule has 3 aromatic carbocycles. The van der Waals surface area contributed by atoms with E-state index in [1.165, 1.54) is 38.5 Å². The average molecular weight is 514 g/mol. The molecular weight excluding hydrogens is 491 g/mol. The van der Waals surface area contributed by atoms with Crippen LogP contribution < -0.4 is 14.8 Å². The molecule has 0 unspecified atom stereocenters. The summed E-state index contributed by atoms with van der Waals surface area (Å²) < 4.78 is 52.0. The fourth-order valence-corrected chi connectivity index (χ4v) is 4.74. The molecule has 0 radical (unpaired) electrons. The van der Waals surface area contributed by atoms with Crippen LogP contribution >= 0.6 is 11.3 Å². The fourth-order valence-electron chi connectivity index (χ4n) is 4.03. The third kappa shape index (κ3) is 5.21. The SMILES string of the molecule is COc1ccc([C@H](Nc2ccc3ccccc3c2)[C@@H](C(=O)c2cccs2)C(=O)C(F)(F)F)cc1OC. The molecule has 0 saturated carbocycles. The van der Waals surface area contributed by atoms with Crippen LogP contribution in [0, 0.1) is 5.92 Å². The van der Waals surface area contributed by atoms with E-state index in [0.717, 1.165) is 22.1 Å². The van der Waals surface area contributed by atoms with Crippen molar-refractivity contribution in [2.24, 2.45) is 5.92 Å². The van der Waals surface area contributed by atoms with Gasteiger partial charge >= 0.3 is 6.18 Å². The molecule has 0 aliphatic rings. The van der Waals surface area contributed by atoms with Gasteiger partial charge < -0.3 is 14.8 Å². The third-order valence-electron chi connectivity index (χ3n) is 5.78. The monoisotopic (exact) mass is 513 g/mol. The van der Waals surface area contributed by atoms with Crippen molar-refractivity contribution in [3.63, 3.8) is 0 Å². The van der Waals surface area contributed by atoms with E-state index in [1.807, 2.05) is 30.3 Å². The van der Waals surface area contributed by atoms with Crippen molar-refractivity contribution in [1.29, 1.82) is 0 Å². The summed E-state index contributed by atoms with van der Waals surface area (Å²) >= 11 is 0.980. The highest BCUT2D eigenvalue weighted by molar-refractivity contribution is 7.12. The zero-order chi connectivity index (χ0) is 25.9. The highest BCUT2D eigenvalue weighted by atomic mass is 32.1. The highest BCUT2D eigenvalue weighted by Gasteiger charge is 2.50. The van der Waals surface area contributed by atoms with Crippen molar-refractivity contribution >= 4 is 39.4 Å². The van der Waals surface area contributed by atoms with Gasteiger partial charge in [0.15, 0.2) is 17.3 Å². The van der Waals surface area contributed by atoms with Crippen molar-refractivity contribution in [3.05, 3.63) is 88.6 Å². The van der Waals surface area contributed by atoms with E-state index in [-0.39, 0.29) is 16.2 Å². The first-order valence-corrected chi connectivity index (χ1v) is 11.8. The lowest BCUT2D eigenvalue weighted by molar-refractivity contribution is -0.174. The zero-order valence-electron chi connectivity index (χ0n) is 19.3. The van der Waals surface area contributed by atoms with E-state index in [1.54, 1.807) is 23.6 Å². The second-order valence-corrected chi connectivity index (χ2v) is 8.93. The minimum absolute atomic E-state index is 0.0587. The van der Waals surface area contributed by atoms with Gasteiger partial charge in [0.25, 0.3) is 0 Å². The Morgan fingerprint density at radius 2 is 1.58 bits per heavy atom. The lowest BCUT2D eigenvalue weighted by Gasteiger charge is -2.28. The molecular formula is C27H22F3NO4S. The number of ketones is 2. The van der Waals surface area contributed by atoms with E-state index in [2.05, 4.69) is 5.32 Å². The zero-order valence-corrected chi connectivity index (χ0v) is 20.2. The molecule has 5 nitrogen and oxygen atoms in total. The number of halogens is 3. The summed E-state index contributed by atoms with van der Waals surface area (Å²) in [6.45, 7) is 0. The Balaban J connectivity index is 1.87. The van der Waals surface area contributed by atoms with Crippen molar-refractivity contribution < 1.29 is 32.2 Å². The lowest BCUT2D eigenvalue weighted by atomic mass is 9.84. The normalized spacial score (nSPS) is 13.1. The molecule has 2 atom stereocenters. The van der Waals surface area contributed by atoms with Gasteiger partial charge in [-0.3, -0.25) is 9.59 Å². The maximum absolute atomic E-state index is 13.8. The smallest absolute Gasteiger partial charge is 0.450 e. The van der Waals surface area contributed by atoms with Crippen LogP contribution in [-0.4, -0.2) is 32.0 Å². The van der Waals surface area contributed by atoms with Crippen LogP contribution in [0.15, 0.2) is 78.2 Å². The van der Waals surface area contributed by atoms with Crippen molar-refractivity contribution in [2.45, 2.75) is 12.2 Å². The molecule has 0 spiro atoms. The number of Topliss-reactive ketones (excluding diaryl/α,β-unsaturated/α-hetero) is 2. The maximum atomic E-state index is 13.8. The molecule has 0 aliphatic heterocycles. The first-order valence-electron chi connectivity index (χ1n) is 10.9. The minimum atomic E-state index is -5.22. The number of rotatable bonds is 9. The van der Waals surface area contributed by atoms with Crippen LogP contribution in [0.2, 0.25) is 0 Å². The fraction of sp³-hybridized carbons (Fsp3) is 0.185. The van der Waals surface area contributed by atoms with Crippen LogP contribution in [0.3, 0.4) is 0 Å². The van der Waals surface area contributed by atoms with Gasteiger partial charge in [0.1, 0.15) is 5.92 Å². The molecule has 4 aromatic rings. The molecule has 1 N–H and O–H groups in total. The summed E-state index contributed by atoms with van der Waals surface area (Å²) in [4.78, 5) is 26.2. The molecule has 0 amide bonds. The van der Waals surface area contributed by atoms with Gasteiger partial charge in [0.05, 0.1) is 25.1 Å². The number of carbonyl (C=O) groups is 2. The van der Waals surface area contributed by atoms with E-state index in [4.69, 9.17) is 9.47 Å². The number of ether oxygens (including phenoxy) is 2. The Morgan fingerprint density at radius 3 is 2.22 bits per heavy atom. The molecule has 0 bridgehead atoms. The van der Waals surface area contributed by atoms with Crippen molar-refractivity contribution in [2.75, 3.05) is 19.5 Å². The Bertz CT molecular complexity index is 1390. The molecule has 0 aliphatic carbocycles. The third-order valence-corrected chi connectivity index (χ3v) is 6.66. The molecule has 0 fully saturated rings. The molecule has 1 aromatic heterocycles. The minimum Gasteiger partial charge on any atom is -0.493 e. The summed E-state index contributed by atoms with van der Waals surface area (Å²) in [6, 6.07) is 18.9. The number of thiophene rings is 1. The molecule has 1 heterocycles. The van der Waals surface area contributed by atoms with Gasteiger partial charge in [-0.25, -0.2) is 0 Å². The number of nitrogens with one attached hydrogen (secondary N) is 1. The highest BCUT2D eigenvalue weighted by Crippen LogP contribution is 2.39. The predicted molar refractivity (Wildman–Crippen MR) is 133 cm³/mol. The Labute approximate surface area is 209 Å². The van der Waals surface area contributed by atoms with E-state index < -0.39 is 29.7 Å². The van der Waals surface area contributed by atoms with Gasteiger partial charge in [-0.2, -0.15) is 13.2 Å². The summed E-state index contributed by atoms with van der Waals surface area (Å²) in [5.41, 5.74) is 0.709. The van der Waals surface area contributed by atoms with Crippen LogP contribution in [0.1, 0.15) is 21.3 Å². The van der Waals surface area contributed by atoms with E-state index >= 15 is 0 Å². The van der Waals surface area contributed by atoms with Gasteiger partial charge in [0.2, 0.25) is 5.78 Å². The van der Waals surface area contributed by atoms with Gasteiger partial charge in [0, 0.05) is 5.69 Å². The van der Waals surface area contributed by atoms with Crippen molar-refractivity contribution in [1.82, 2.24) is 0 Å². The second-order valence-electron chi connectivity index (χ2n) is 7.98. The van der Waals surface area contributed by atoms with Crippen LogP contribution in [0.5, 0.6) is 11.5 Å². The van der Waals surface area contributed by atoms with Gasteiger partial charge in [-0.15, -0.1) is 11.3 Å². The second kappa shape index (κ2) is 10.4. The predicted octanol–water partition coefficient (Wildman–Crippen LogP) is 6.70. The Kier molecular flexibility index (Phi) is 7.30. The number of hydrogen-bond donors (Lipinski definition) is 1. The first kappa shape index (κ1) is 25.2. The number of anilines is 1. The number of carbonyl (C=O) groups excluding carboxylic acids is 2. The summed E-state index contributed by atoms with van der Waals surface area (Å²) in [5.74, 6) is -4.52. The van der Waals surface area contributed by atoms with Gasteiger partial charge in [-0.05, 0) is 52.0 Å². The quantitative estimate of drug-likeness (QED) is 0.199. The first-order chi connectivity index (χ1) is 17.2. The Morgan fingerprint density at radius 1 is 0.861 bits per heavy atom. The van der Waals surface area contributed by atoms with Crippen molar-refractivity contribution in [3.8, 4) is 11.5 Å². The molecule has 9 heteroatoms. The average Bonchev–Trinajstić information content (AvgIpc) is 3.42.